The maximum Gasteiger partial charge on any atom is 0.144 e. The molecule has 1 saturated carbocycles. The summed E-state index contributed by atoms with van der Waals surface area (Å²) in [5, 5.41) is 9.04. The molecule has 0 aromatic carbocycles. The smallest absolute Gasteiger partial charge is 0.144 e. The minimum atomic E-state index is 0.573. The molecular weight excluding hydrogens is 210 g/mol. The molecule has 0 radical (unpaired) electrons. The predicted molar refractivity (Wildman–Crippen MR) is 67.3 cm³/mol. The number of rotatable bonds is 4. The fraction of sp³-hybridized carbons (Fsp3) is 0.571. The molecule has 2 rings (SSSR count). The Morgan fingerprint density at radius 1 is 1.47 bits per heavy atom. The van der Waals surface area contributed by atoms with Crippen molar-refractivity contribution in [2.24, 2.45) is 0 Å². The Bertz CT molecular complexity index is 402. The van der Waals surface area contributed by atoms with E-state index >= 15 is 0 Å². The molecule has 1 heterocycles. The lowest BCUT2D eigenvalue weighted by molar-refractivity contribution is 0.200. The van der Waals surface area contributed by atoms with Gasteiger partial charge in [0.05, 0.1) is 0 Å². The first-order valence-corrected chi connectivity index (χ1v) is 6.43. The van der Waals surface area contributed by atoms with Gasteiger partial charge in [0, 0.05) is 24.3 Å². The van der Waals surface area contributed by atoms with Crippen molar-refractivity contribution in [1.29, 1.82) is 5.26 Å². The number of hydrogen-bond donors (Lipinski definition) is 0. The Hall–Kier alpha value is -1.40. The third-order valence-corrected chi connectivity index (χ3v) is 3.62. The quantitative estimate of drug-likeness (QED) is 0.797. The Balaban J connectivity index is 2.10. The topological polar surface area (TPSA) is 39.9 Å². The molecule has 1 aliphatic carbocycles. The van der Waals surface area contributed by atoms with Crippen LogP contribution in [-0.4, -0.2) is 22.5 Å². The van der Waals surface area contributed by atoms with E-state index in [-0.39, 0.29) is 0 Å². The zero-order valence-electron chi connectivity index (χ0n) is 10.4. The first-order chi connectivity index (χ1) is 8.35. The van der Waals surface area contributed by atoms with E-state index in [2.05, 4.69) is 22.9 Å². The second-order valence-corrected chi connectivity index (χ2v) is 4.62. The lowest BCUT2D eigenvalue weighted by Crippen LogP contribution is -2.32. The number of aromatic nitrogens is 1. The molecule has 0 amide bonds. The van der Waals surface area contributed by atoms with Crippen LogP contribution in [0.1, 0.15) is 43.9 Å². The van der Waals surface area contributed by atoms with Crippen molar-refractivity contribution < 1.29 is 0 Å². The Kier molecular flexibility index (Phi) is 4.11. The molecule has 0 unspecified atom stereocenters. The van der Waals surface area contributed by atoms with Crippen LogP contribution in [0.25, 0.3) is 0 Å². The number of nitriles is 1. The van der Waals surface area contributed by atoms with Gasteiger partial charge < -0.3 is 0 Å². The van der Waals surface area contributed by atoms with Crippen LogP contribution in [0.3, 0.4) is 0 Å². The molecule has 0 aliphatic heterocycles. The van der Waals surface area contributed by atoms with Gasteiger partial charge in [-0.05, 0) is 25.5 Å². The van der Waals surface area contributed by atoms with Gasteiger partial charge in [0.25, 0.3) is 0 Å². The van der Waals surface area contributed by atoms with Crippen molar-refractivity contribution >= 4 is 0 Å². The summed E-state index contributed by atoms with van der Waals surface area (Å²) in [7, 11) is 0. The monoisotopic (exact) mass is 229 g/mol. The molecule has 1 aliphatic rings. The van der Waals surface area contributed by atoms with Gasteiger partial charge in [-0.25, -0.2) is 4.98 Å². The van der Waals surface area contributed by atoms with Crippen LogP contribution in [0.4, 0.5) is 0 Å². The van der Waals surface area contributed by atoms with Gasteiger partial charge in [-0.15, -0.1) is 0 Å². The van der Waals surface area contributed by atoms with E-state index < -0.39 is 0 Å². The highest BCUT2D eigenvalue weighted by Gasteiger charge is 2.22. The highest BCUT2D eigenvalue weighted by atomic mass is 15.1. The third kappa shape index (κ3) is 2.83. The summed E-state index contributed by atoms with van der Waals surface area (Å²) in [5.41, 5.74) is 1.63. The first kappa shape index (κ1) is 12.1. The van der Waals surface area contributed by atoms with Crippen molar-refractivity contribution in [3.63, 3.8) is 0 Å². The zero-order chi connectivity index (χ0) is 12.1. The number of hydrogen-bond acceptors (Lipinski definition) is 3. The average Bonchev–Trinajstić information content (AvgIpc) is 2.90. The van der Waals surface area contributed by atoms with Gasteiger partial charge in [0.15, 0.2) is 0 Å². The molecule has 1 aromatic heterocycles. The molecule has 0 N–H and O–H groups in total. The molecule has 3 nitrogen and oxygen atoms in total. The van der Waals surface area contributed by atoms with E-state index in [1.54, 1.807) is 6.20 Å². The van der Waals surface area contributed by atoms with E-state index in [9.17, 15) is 0 Å². The fourth-order valence-corrected chi connectivity index (χ4v) is 2.65. The van der Waals surface area contributed by atoms with Gasteiger partial charge in [-0.2, -0.15) is 5.26 Å². The molecule has 90 valence electrons. The van der Waals surface area contributed by atoms with Crippen molar-refractivity contribution in [2.75, 3.05) is 6.54 Å². The Morgan fingerprint density at radius 2 is 2.24 bits per heavy atom. The van der Waals surface area contributed by atoms with Gasteiger partial charge in [-0.1, -0.05) is 25.8 Å². The molecule has 17 heavy (non-hydrogen) atoms. The molecule has 3 heteroatoms. The Morgan fingerprint density at radius 3 is 2.88 bits per heavy atom. The highest BCUT2D eigenvalue weighted by Crippen LogP contribution is 2.24. The summed E-state index contributed by atoms with van der Waals surface area (Å²) in [4.78, 5) is 6.60. The largest absolute Gasteiger partial charge is 0.296 e. The molecule has 1 fully saturated rings. The Labute approximate surface area is 103 Å². The van der Waals surface area contributed by atoms with Crippen molar-refractivity contribution in [3.05, 3.63) is 29.6 Å². The summed E-state index contributed by atoms with van der Waals surface area (Å²) in [5.74, 6) is 0. The van der Waals surface area contributed by atoms with Crippen LogP contribution in [-0.2, 0) is 6.54 Å². The minimum absolute atomic E-state index is 0.573. The van der Waals surface area contributed by atoms with Crippen molar-refractivity contribution in [3.8, 4) is 6.07 Å². The number of pyridine rings is 1. The lowest BCUT2D eigenvalue weighted by Gasteiger charge is -2.27. The first-order valence-electron chi connectivity index (χ1n) is 6.43. The second-order valence-electron chi connectivity index (χ2n) is 4.62. The van der Waals surface area contributed by atoms with Gasteiger partial charge in [0.1, 0.15) is 11.8 Å². The maximum atomic E-state index is 9.04. The summed E-state index contributed by atoms with van der Waals surface area (Å²) in [6, 6.07) is 6.81. The summed E-state index contributed by atoms with van der Waals surface area (Å²) in [6.45, 7) is 4.10. The van der Waals surface area contributed by atoms with E-state index in [0.717, 1.165) is 18.7 Å². The normalized spacial score (nSPS) is 16.3. The van der Waals surface area contributed by atoms with Gasteiger partial charge >= 0.3 is 0 Å². The lowest BCUT2D eigenvalue weighted by atomic mass is 10.1. The summed E-state index contributed by atoms with van der Waals surface area (Å²) < 4.78 is 0. The summed E-state index contributed by atoms with van der Waals surface area (Å²) in [6.07, 6.45) is 6.98. The highest BCUT2D eigenvalue weighted by molar-refractivity contribution is 5.30. The van der Waals surface area contributed by atoms with Crippen LogP contribution in [0, 0.1) is 11.3 Å². The fourth-order valence-electron chi connectivity index (χ4n) is 2.65. The molecule has 0 bridgehead atoms. The number of nitrogens with zero attached hydrogens (tertiary/aromatic N) is 3. The van der Waals surface area contributed by atoms with E-state index in [1.807, 2.05) is 12.1 Å². The van der Waals surface area contributed by atoms with E-state index in [1.165, 1.54) is 25.7 Å². The average molecular weight is 229 g/mol. The van der Waals surface area contributed by atoms with Crippen LogP contribution in [0.2, 0.25) is 0 Å². The summed E-state index contributed by atoms with van der Waals surface area (Å²) >= 11 is 0. The van der Waals surface area contributed by atoms with E-state index in [0.29, 0.717) is 11.7 Å². The van der Waals surface area contributed by atoms with E-state index in [4.69, 9.17) is 5.26 Å². The molecule has 0 spiro atoms. The maximum absolute atomic E-state index is 9.04. The molecule has 0 saturated heterocycles. The van der Waals surface area contributed by atoms with Crippen LogP contribution < -0.4 is 0 Å². The molecule has 0 atom stereocenters. The van der Waals surface area contributed by atoms with Gasteiger partial charge in [0.2, 0.25) is 0 Å². The van der Waals surface area contributed by atoms with Crippen molar-refractivity contribution in [1.82, 2.24) is 9.88 Å². The zero-order valence-corrected chi connectivity index (χ0v) is 10.4. The van der Waals surface area contributed by atoms with Crippen molar-refractivity contribution in [2.45, 2.75) is 45.2 Å². The predicted octanol–water partition coefficient (Wildman–Crippen LogP) is 2.72. The molecule has 1 aromatic rings. The standard InChI is InChI=1S/C14H19N3/c1-2-17(13-7-3-4-8-13)11-12-6-5-9-16-14(12)10-15/h5-6,9,13H,2-4,7-8,11H2,1H3. The van der Waals surface area contributed by atoms with Gasteiger partial charge in [-0.3, -0.25) is 4.90 Å². The second kappa shape index (κ2) is 5.79. The minimum Gasteiger partial charge on any atom is -0.296 e. The van der Waals surface area contributed by atoms with Crippen LogP contribution >= 0.6 is 0 Å². The van der Waals surface area contributed by atoms with Crippen LogP contribution in [0.15, 0.2) is 18.3 Å². The van der Waals surface area contributed by atoms with Crippen LogP contribution in [0.5, 0.6) is 0 Å². The molecular formula is C14H19N3. The SMILES string of the molecule is CCN(Cc1cccnc1C#N)C1CCCC1. The third-order valence-electron chi connectivity index (χ3n) is 3.62.